The van der Waals surface area contributed by atoms with Crippen LogP contribution in [0.3, 0.4) is 0 Å². The van der Waals surface area contributed by atoms with Gasteiger partial charge in [0.2, 0.25) is 11.8 Å². The summed E-state index contributed by atoms with van der Waals surface area (Å²) in [7, 11) is 0. The van der Waals surface area contributed by atoms with Gasteiger partial charge in [0.25, 0.3) is 0 Å². The monoisotopic (exact) mass is 446 g/mol. The number of carbonyl (C=O) groups excluding carboxylic acids is 2. The summed E-state index contributed by atoms with van der Waals surface area (Å²) in [5.74, 6) is -2.53. The molecule has 174 valence electrons. The first-order valence-electron chi connectivity index (χ1n) is 11.1. The third-order valence-electron chi connectivity index (χ3n) is 7.09. The van der Waals surface area contributed by atoms with E-state index in [1.165, 1.54) is 0 Å². The number of piperidine rings is 1. The first-order valence-corrected chi connectivity index (χ1v) is 11.1. The lowest BCUT2D eigenvalue weighted by molar-refractivity contribution is -0.165. The van der Waals surface area contributed by atoms with Gasteiger partial charge < -0.3 is 19.6 Å². The van der Waals surface area contributed by atoms with Crippen LogP contribution in [0.15, 0.2) is 30.3 Å². The van der Waals surface area contributed by atoms with Crippen LogP contribution >= 0.6 is 0 Å². The molecule has 0 bridgehead atoms. The minimum absolute atomic E-state index is 0.163. The summed E-state index contributed by atoms with van der Waals surface area (Å²) in [5, 5.41) is 19.5. The van der Waals surface area contributed by atoms with Crippen LogP contribution in [0, 0.1) is 11.8 Å². The Hall–Kier alpha value is -2.85. The minimum Gasteiger partial charge on any atom is -0.465 e. The minimum atomic E-state index is -1.59. The molecule has 0 radical (unpaired) electrons. The maximum Gasteiger partial charge on any atom is 0.408 e. The molecule has 3 heterocycles. The molecular formula is C22H30N4O6. The fourth-order valence-electron chi connectivity index (χ4n) is 5.59. The van der Waals surface area contributed by atoms with E-state index < -0.39 is 29.4 Å². The van der Waals surface area contributed by atoms with Gasteiger partial charge in [-0.3, -0.25) is 19.7 Å². The molecule has 3 N–H and O–H groups in total. The van der Waals surface area contributed by atoms with E-state index in [-0.39, 0.29) is 19.1 Å². The number of hydroxylamine groups is 1. The van der Waals surface area contributed by atoms with Crippen LogP contribution in [0.5, 0.6) is 0 Å². The van der Waals surface area contributed by atoms with Gasteiger partial charge in [-0.1, -0.05) is 18.2 Å². The molecule has 10 heteroatoms. The third kappa shape index (κ3) is 3.77. The van der Waals surface area contributed by atoms with E-state index >= 15 is 0 Å². The fourth-order valence-corrected chi connectivity index (χ4v) is 5.59. The van der Waals surface area contributed by atoms with Gasteiger partial charge in [-0.05, 0) is 31.4 Å². The number of hydrogen-bond acceptors (Lipinski definition) is 6. The smallest absolute Gasteiger partial charge is 0.408 e. The van der Waals surface area contributed by atoms with E-state index in [4.69, 9.17) is 4.74 Å². The number of ether oxygens (including phenoxy) is 1. The van der Waals surface area contributed by atoms with Crippen molar-refractivity contribution < 1.29 is 29.4 Å². The Morgan fingerprint density at radius 3 is 2.34 bits per heavy atom. The number of hydrogen-bond donors (Lipinski definition) is 3. The zero-order valence-electron chi connectivity index (χ0n) is 18.0. The van der Waals surface area contributed by atoms with E-state index in [9.17, 15) is 24.7 Å². The Labute approximate surface area is 186 Å². The molecule has 4 rings (SSSR count). The molecule has 1 aromatic rings. The Bertz CT molecular complexity index is 838. The number of anilines is 1. The van der Waals surface area contributed by atoms with Crippen molar-refractivity contribution in [3.8, 4) is 0 Å². The highest BCUT2D eigenvalue weighted by Gasteiger charge is 2.62. The lowest BCUT2D eigenvalue weighted by atomic mass is 9.66. The van der Waals surface area contributed by atoms with E-state index in [1.807, 2.05) is 30.3 Å². The van der Waals surface area contributed by atoms with Crippen molar-refractivity contribution in [2.45, 2.75) is 24.8 Å². The van der Waals surface area contributed by atoms with E-state index in [0.29, 0.717) is 52.0 Å². The van der Waals surface area contributed by atoms with Crippen molar-refractivity contribution in [2.75, 3.05) is 50.8 Å². The van der Waals surface area contributed by atoms with Crippen LogP contribution in [0.2, 0.25) is 0 Å². The van der Waals surface area contributed by atoms with Gasteiger partial charge in [-0.15, -0.1) is 0 Å². The highest BCUT2D eigenvalue weighted by Crippen LogP contribution is 2.45. The average molecular weight is 447 g/mol. The molecule has 1 unspecified atom stereocenters. The van der Waals surface area contributed by atoms with Gasteiger partial charge in [0.15, 0.2) is 0 Å². The predicted molar refractivity (Wildman–Crippen MR) is 114 cm³/mol. The van der Waals surface area contributed by atoms with Crippen LogP contribution in [0.25, 0.3) is 0 Å². The van der Waals surface area contributed by atoms with Gasteiger partial charge in [-0.25, -0.2) is 10.3 Å². The zero-order valence-corrected chi connectivity index (χ0v) is 18.0. The number of nitrogens with zero attached hydrogens (tertiary/aromatic N) is 3. The summed E-state index contributed by atoms with van der Waals surface area (Å²) >= 11 is 0. The SMILES string of the molecule is O=C(NO)[C@H]1CCCN(C(=O)O)[C@@]1(C(=O)N1CCN(c2ccccc2)CC1)C1CCOC1. The molecule has 0 aliphatic carbocycles. The molecule has 3 atom stereocenters. The number of likely N-dealkylation sites (tertiary alicyclic amines) is 1. The molecule has 3 saturated heterocycles. The lowest BCUT2D eigenvalue weighted by Gasteiger charge is -2.53. The summed E-state index contributed by atoms with van der Waals surface area (Å²) in [6.07, 6.45) is 0.00918. The van der Waals surface area contributed by atoms with Crippen molar-refractivity contribution in [1.82, 2.24) is 15.3 Å². The topological polar surface area (TPSA) is 123 Å². The van der Waals surface area contributed by atoms with Gasteiger partial charge in [-0.2, -0.15) is 0 Å². The molecule has 1 aromatic carbocycles. The third-order valence-corrected chi connectivity index (χ3v) is 7.09. The second kappa shape index (κ2) is 9.33. The summed E-state index contributed by atoms with van der Waals surface area (Å²) in [4.78, 5) is 44.2. The van der Waals surface area contributed by atoms with Crippen LogP contribution in [-0.4, -0.2) is 89.5 Å². The molecule has 0 aromatic heterocycles. The number of benzene rings is 1. The average Bonchev–Trinajstić information content (AvgIpc) is 3.38. The summed E-state index contributed by atoms with van der Waals surface area (Å²) in [5.41, 5.74) is 1.16. The second-order valence-corrected chi connectivity index (χ2v) is 8.61. The first kappa shape index (κ1) is 22.3. The molecular weight excluding hydrogens is 416 g/mol. The molecule has 3 amide bonds. The Balaban J connectivity index is 1.66. The number of piperazine rings is 1. The Morgan fingerprint density at radius 1 is 1.03 bits per heavy atom. The van der Waals surface area contributed by atoms with Gasteiger partial charge >= 0.3 is 6.09 Å². The number of amides is 3. The van der Waals surface area contributed by atoms with Gasteiger partial charge in [0.1, 0.15) is 5.54 Å². The van der Waals surface area contributed by atoms with Crippen LogP contribution in [0.4, 0.5) is 10.5 Å². The van der Waals surface area contributed by atoms with E-state index in [1.54, 1.807) is 10.4 Å². The van der Waals surface area contributed by atoms with E-state index in [2.05, 4.69) is 4.90 Å². The number of carbonyl (C=O) groups is 3. The Kier molecular flexibility index (Phi) is 6.52. The summed E-state index contributed by atoms with van der Waals surface area (Å²) < 4.78 is 5.54. The normalized spacial score (nSPS) is 28.5. The predicted octanol–water partition coefficient (Wildman–Crippen LogP) is 1.01. The highest BCUT2D eigenvalue weighted by molar-refractivity contribution is 5.97. The van der Waals surface area contributed by atoms with Crippen LogP contribution in [-0.2, 0) is 14.3 Å². The van der Waals surface area contributed by atoms with Crippen molar-refractivity contribution >= 4 is 23.6 Å². The summed E-state index contributed by atoms with van der Waals surface area (Å²) in [6.45, 7) is 2.83. The second-order valence-electron chi connectivity index (χ2n) is 8.61. The van der Waals surface area contributed by atoms with Gasteiger partial charge in [0, 0.05) is 50.9 Å². The molecule has 3 aliphatic rings. The molecule has 0 spiro atoms. The molecule has 10 nitrogen and oxygen atoms in total. The van der Waals surface area contributed by atoms with E-state index in [0.717, 1.165) is 10.6 Å². The first-order chi connectivity index (χ1) is 15.5. The van der Waals surface area contributed by atoms with Crippen molar-refractivity contribution in [1.29, 1.82) is 0 Å². The van der Waals surface area contributed by atoms with Crippen molar-refractivity contribution in [2.24, 2.45) is 11.8 Å². The lowest BCUT2D eigenvalue weighted by Crippen LogP contribution is -2.73. The number of para-hydroxylation sites is 1. The number of nitrogens with one attached hydrogen (secondary N) is 1. The maximum absolute atomic E-state index is 14.1. The highest BCUT2D eigenvalue weighted by atomic mass is 16.5. The standard InChI is InChI=1S/C22H30N4O6/c27-19(23-31)18-7-4-9-26(21(29)30)22(18,16-8-14-32-15-16)20(28)25-12-10-24(11-13-25)17-5-2-1-3-6-17/h1-3,5-6,16,18,31H,4,7-15H2,(H,23,27)(H,29,30)/t16?,18-,22+/m1/s1. The molecule has 32 heavy (non-hydrogen) atoms. The van der Waals surface area contributed by atoms with Crippen LogP contribution < -0.4 is 10.4 Å². The Morgan fingerprint density at radius 2 is 1.75 bits per heavy atom. The van der Waals surface area contributed by atoms with Crippen molar-refractivity contribution in [3.05, 3.63) is 30.3 Å². The molecule has 3 fully saturated rings. The molecule has 0 saturated carbocycles. The molecule has 3 aliphatic heterocycles. The largest absolute Gasteiger partial charge is 0.465 e. The quantitative estimate of drug-likeness (QED) is 0.466. The van der Waals surface area contributed by atoms with Crippen molar-refractivity contribution in [3.63, 3.8) is 0 Å². The van der Waals surface area contributed by atoms with Gasteiger partial charge in [0.05, 0.1) is 12.5 Å². The summed E-state index contributed by atoms with van der Waals surface area (Å²) in [6, 6.07) is 9.92. The number of rotatable bonds is 4. The van der Waals surface area contributed by atoms with Crippen LogP contribution in [0.1, 0.15) is 19.3 Å². The number of carboxylic acid groups (broad SMARTS) is 1. The maximum atomic E-state index is 14.1. The fraction of sp³-hybridized carbons (Fsp3) is 0.591. The zero-order chi connectivity index (χ0) is 22.7.